The normalized spacial score (nSPS) is 10.6. The molecule has 0 spiro atoms. The minimum absolute atomic E-state index is 0.138. The molecular formula is C19H17FN2O2. The van der Waals surface area contributed by atoms with E-state index in [4.69, 9.17) is 4.74 Å². The van der Waals surface area contributed by atoms with E-state index in [-0.39, 0.29) is 12.5 Å². The molecule has 4 nitrogen and oxygen atoms in total. The molecule has 0 fully saturated rings. The van der Waals surface area contributed by atoms with Gasteiger partial charge >= 0.3 is 0 Å². The van der Waals surface area contributed by atoms with Gasteiger partial charge in [-0.15, -0.1) is 0 Å². The molecule has 0 aliphatic rings. The van der Waals surface area contributed by atoms with Gasteiger partial charge in [-0.2, -0.15) is 0 Å². The maximum atomic E-state index is 13.1. The van der Waals surface area contributed by atoms with Crippen LogP contribution in [0.15, 0.2) is 60.8 Å². The fourth-order valence-electron chi connectivity index (χ4n) is 2.38. The molecule has 3 rings (SSSR count). The van der Waals surface area contributed by atoms with E-state index in [1.54, 1.807) is 30.3 Å². The summed E-state index contributed by atoms with van der Waals surface area (Å²) in [6, 6.07) is 15.6. The average Bonchev–Trinajstić information content (AvgIpc) is 2.59. The second kappa shape index (κ2) is 7.08. The predicted octanol–water partition coefficient (Wildman–Crippen LogP) is 3.41. The van der Waals surface area contributed by atoms with E-state index in [1.165, 1.54) is 12.1 Å². The van der Waals surface area contributed by atoms with E-state index in [2.05, 4.69) is 4.98 Å². The number of rotatable bonds is 5. The number of pyridine rings is 1. The quantitative estimate of drug-likeness (QED) is 0.722. The van der Waals surface area contributed by atoms with Gasteiger partial charge in [0, 0.05) is 31.2 Å². The van der Waals surface area contributed by atoms with E-state index in [1.807, 2.05) is 30.3 Å². The smallest absolute Gasteiger partial charge is 0.260 e. The van der Waals surface area contributed by atoms with Crippen LogP contribution >= 0.6 is 0 Å². The Kier molecular flexibility index (Phi) is 4.70. The number of fused-ring (bicyclic) bond motifs is 1. The van der Waals surface area contributed by atoms with Gasteiger partial charge in [0.05, 0.1) is 5.52 Å². The van der Waals surface area contributed by atoms with Crippen molar-refractivity contribution in [1.82, 2.24) is 9.88 Å². The number of nitrogens with zero attached hydrogens (tertiary/aromatic N) is 2. The lowest BCUT2D eigenvalue weighted by atomic mass is 10.1. The van der Waals surface area contributed by atoms with Crippen LogP contribution in [0.4, 0.5) is 4.39 Å². The SMILES string of the molecule is CN(Cc1cnc2ccccc2c1)C(=O)COc1cccc(F)c1. The largest absolute Gasteiger partial charge is 0.484 e. The standard InChI is InChI=1S/C19H17FN2O2/c1-22(19(23)13-24-17-7-4-6-16(20)10-17)12-14-9-15-5-2-3-8-18(15)21-11-14/h2-11H,12-13H2,1H3. The summed E-state index contributed by atoms with van der Waals surface area (Å²) in [5, 5.41) is 1.03. The van der Waals surface area contributed by atoms with Crippen molar-refractivity contribution in [2.45, 2.75) is 6.54 Å². The van der Waals surface area contributed by atoms with Crippen molar-refractivity contribution >= 4 is 16.8 Å². The Morgan fingerprint density at radius 2 is 2.00 bits per heavy atom. The first-order valence-electron chi connectivity index (χ1n) is 7.58. The van der Waals surface area contributed by atoms with Gasteiger partial charge in [-0.05, 0) is 29.8 Å². The Hall–Kier alpha value is -2.95. The summed E-state index contributed by atoms with van der Waals surface area (Å²) in [5.41, 5.74) is 1.86. The monoisotopic (exact) mass is 324 g/mol. The molecule has 5 heteroatoms. The zero-order chi connectivity index (χ0) is 16.9. The molecule has 0 saturated heterocycles. The zero-order valence-corrected chi connectivity index (χ0v) is 13.3. The van der Waals surface area contributed by atoms with Crippen LogP contribution in [-0.2, 0) is 11.3 Å². The Labute approximate surface area is 139 Å². The summed E-state index contributed by atoms with van der Waals surface area (Å²) in [5.74, 6) is -0.243. The zero-order valence-electron chi connectivity index (χ0n) is 13.3. The van der Waals surface area contributed by atoms with Crippen LogP contribution in [0.1, 0.15) is 5.56 Å². The van der Waals surface area contributed by atoms with Crippen molar-refractivity contribution in [3.63, 3.8) is 0 Å². The number of carbonyl (C=O) groups is 1. The van der Waals surface area contributed by atoms with Gasteiger partial charge in [0.15, 0.2) is 6.61 Å². The molecule has 0 bridgehead atoms. The van der Waals surface area contributed by atoms with Crippen molar-refractivity contribution in [1.29, 1.82) is 0 Å². The Morgan fingerprint density at radius 3 is 2.83 bits per heavy atom. The van der Waals surface area contributed by atoms with Gasteiger partial charge in [0.1, 0.15) is 11.6 Å². The lowest BCUT2D eigenvalue weighted by Gasteiger charge is -2.17. The van der Waals surface area contributed by atoms with Crippen LogP contribution in [0.3, 0.4) is 0 Å². The van der Waals surface area contributed by atoms with Gasteiger partial charge < -0.3 is 9.64 Å². The summed E-state index contributed by atoms with van der Waals surface area (Å²) in [4.78, 5) is 18.1. The highest BCUT2D eigenvalue weighted by Gasteiger charge is 2.11. The van der Waals surface area contributed by atoms with E-state index in [0.29, 0.717) is 12.3 Å². The number of aromatic nitrogens is 1. The number of hydrogen-bond acceptors (Lipinski definition) is 3. The third-order valence-electron chi connectivity index (χ3n) is 3.65. The van der Waals surface area contributed by atoms with Gasteiger partial charge in [-0.1, -0.05) is 24.3 Å². The van der Waals surface area contributed by atoms with Crippen molar-refractivity contribution in [3.8, 4) is 5.75 Å². The lowest BCUT2D eigenvalue weighted by Crippen LogP contribution is -2.31. The predicted molar refractivity (Wildman–Crippen MR) is 90.1 cm³/mol. The van der Waals surface area contributed by atoms with Crippen LogP contribution < -0.4 is 4.74 Å². The topological polar surface area (TPSA) is 42.4 Å². The number of amides is 1. The van der Waals surface area contributed by atoms with Gasteiger partial charge in [0.25, 0.3) is 5.91 Å². The molecule has 1 aromatic heterocycles. The minimum Gasteiger partial charge on any atom is -0.484 e. The van der Waals surface area contributed by atoms with Gasteiger partial charge in [-0.25, -0.2) is 4.39 Å². The van der Waals surface area contributed by atoms with Crippen molar-refractivity contribution in [3.05, 3.63) is 72.2 Å². The number of halogens is 1. The molecule has 1 heterocycles. The summed E-state index contributed by atoms with van der Waals surface area (Å²) in [6.07, 6.45) is 1.76. The molecule has 24 heavy (non-hydrogen) atoms. The number of ether oxygens (including phenoxy) is 1. The first-order chi connectivity index (χ1) is 11.6. The van der Waals surface area contributed by atoms with Crippen molar-refractivity contribution < 1.29 is 13.9 Å². The fraction of sp³-hybridized carbons (Fsp3) is 0.158. The van der Waals surface area contributed by atoms with Crippen LogP contribution in [-0.4, -0.2) is 29.4 Å². The number of carbonyl (C=O) groups excluding carboxylic acids is 1. The maximum Gasteiger partial charge on any atom is 0.260 e. The first-order valence-corrected chi connectivity index (χ1v) is 7.58. The van der Waals surface area contributed by atoms with Gasteiger partial charge in [0.2, 0.25) is 0 Å². The third kappa shape index (κ3) is 3.87. The average molecular weight is 324 g/mol. The Morgan fingerprint density at radius 1 is 1.17 bits per heavy atom. The summed E-state index contributed by atoms with van der Waals surface area (Å²) >= 11 is 0. The number of hydrogen-bond donors (Lipinski definition) is 0. The molecule has 1 amide bonds. The summed E-state index contributed by atoms with van der Waals surface area (Å²) < 4.78 is 18.4. The molecular weight excluding hydrogens is 307 g/mol. The number of para-hydroxylation sites is 1. The summed E-state index contributed by atoms with van der Waals surface area (Å²) in [7, 11) is 1.70. The van der Waals surface area contributed by atoms with Gasteiger partial charge in [-0.3, -0.25) is 9.78 Å². The molecule has 0 aliphatic carbocycles. The van der Waals surface area contributed by atoms with Crippen molar-refractivity contribution in [2.24, 2.45) is 0 Å². The maximum absolute atomic E-state index is 13.1. The van der Waals surface area contributed by atoms with E-state index in [0.717, 1.165) is 16.5 Å². The second-order valence-corrected chi connectivity index (χ2v) is 5.53. The van der Waals surface area contributed by atoms with Crippen LogP contribution in [0, 0.1) is 5.82 Å². The molecule has 3 aromatic rings. The molecule has 0 radical (unpaired) electrons. The molecule has 0 saturated carbocycles. The second-order valence-electron chi connectivity index (χ2n) is 5.53. The summed E-state index contributed by atoms with van der Waals surface area (Å²) in [6.45, 7) is 0.296. The number of likely N-dealkylation sites (N-methyl/N-ethyl adjacent to an activating group) is 1. The Bertz CT molecular complexity index is 867. The van der Waals surface area contributed by atoms with Crippen LogP contribution in [0.25, 0.3) is 10.9 Å². The third-order valence-corrected chi connectivity index (χ3v) is 3.65. The highest BCUT2D eigenvalue weighted by atomic mass is 19.1. The lowest BCUT2D eigenvalue weighted by molar-refractivity contribution is -0.132. The highest BCUT2D eigenvalue weighted by Crippen LogP contribution is 2.15. The van der Waals surface area contributed by atoms with Crippen molar-refractivity contribution in [2.75, 3.05) is 13.7 Å². The highest BCUT2D eigenvalue weighted by molar-refractivity contribution is 5.79. The van der Waals surface area contributed by atoms with Crippen LogP contribution in [0.5, 0.6) is 5.75 Å². The molecule has 122 valence electrons. The number of benzene rings is 2. The molecule has 0 N–H and O–H groups in total. The van der Waals surface area contributed by atoms with E-state index in [9.17, 15) is 9.18 Å². The fourth-order valence-corrected chi connectivity index (χ4v) is 2.38. The van der Waals surface area contributed by atoms with E-state index < -0.39 is 5.82 Å². The molecule has 0 unspecified atom stereocenters. The molecule has 0 aliphatic heterocycles. The van der Waals surface area contributed by atoms with Crippen LogP contribution in [0.2, 0.25) is 0 Å². The molecule has 2 aromatic carbocycles. The minimum atomic E-state index is -0.393. The molecule has 0 atom stereocenters. The van der Waals surface area contributed by atoms with E-state index >= 15 is 0 Å². The first kappa shape index (κ1) is 15.9. The Balaban J connectivity index is 1.60.